The van der Waals surface area contributed by atoms with Crippen molar-refractivity contribution in [1.82, 2.24) is 14.9 Å². The van der Waals surface area contributed by atoms with Gasteiger partial charge in [0.2, 0.25) is 0 Å². The van der Waals surface area contributed by atoms with Gasteiger partial charge in [0.15, 0.2) is 0 Å². The van der Waals surface area contributed by atoms with Crippen molar-refractivity contribution >= 4 is 18.4 Å². The van der Waals surface area contributed by atoms with Crippen molar-refractivity contribution in [2.45, 2.75) is 6.92 Å². The molecular weight excluding hydrogens is 196 g/mol. The number of hydrogen-bond donors (Lipinski definition) is 1. The van der Waals surface area contributed by atoms with Crippen LogP contribution in [0, 0.1) is 0 Å². The Morgan fingerprint density at radius 3 is 2.69 bits per heavy atom. The van der Waals surface area contributed by atoms with Gasteiger partial charge in [0, 0.05) is 0 Å². The van der Waals surface area contributed by atoms with E-state index in [2.05, 4.69) is 20.4 Å². The lowest BCUT2D eigenvalue weighted by Crippen LogP contribution is -2.23. The Balaban J connectivity index is 0.00000144. The number of rotatable bonds is 4. The van der Waals surface area contributed by atoms with Crippen molar-refractivity contribution < 1.29 is 9.53 Å². The molecule has 1 aromatic rings. The largest absolute Gasteiger partial charge is 0.465 e. The average molecular weight is 207 g/mol. The first kappa shape index (κ1) is 11.7. The molecule has 74 valence electrons. The average Bonchev–Trinajstić information content (AvgIpc) is 2.53. The second-order valence-corrected chi connectivity index (χ2v) is 2.01. The minimum Gasteiger partial charge on any atom is -0.465 e. The Labute approximate surface area is 81.7 Å². The molecule has 6 nitrogen and oxygen atoms in total. The van der Waals surface area contributed by atoms with Gasteiger partial charge in [-0.05, 0) is 6.92 Å². The lowest BCUT2D eigenvalue weighted by molar-refractivity contribution is -0.141. The van der Waals surface area contributed by atoms with E-state index in [4.69, 9.17) is 0 Å². The minimum atomic E-state index is -0.300. The van der Waals surface area contributed by atoms with Gasteiger partial charge in [0.25, 0.3) is 0 Å². The highest BCUT2D eigenvalue weighted by Gasteiger charge is 1.99. The number of aromatic nitrogens is 3. The minimum absolute atomic E-state index is 0. The number of ether oxygens (including phenoxy) is 1. The van der Waals surface area contributed by atoms with Gasteiger partial charge in [-0.3, -0.25) is 4.79 Å². The van der Waals surface area contributed by atoms with Gasteiger partial charge in [-0.2, -0.15) is 0 Å². The van der Waals surface area contributed by atoms with Crippen molar-refractivity contribution in [2.75, 3.05) is 18.6 Å². The molecule has 0 aliphatic rings. The molecule has 0 atom stereocenters. The fraction of sp³-hybridized carbons (Fsp3) is 0.500. The Morgan fingerprint density at radius 2 is 2.15 bits per heavy atom. The number of halogens is 1. The SMILES string of the molecule is CCOC(=O)CNn1cnnc1.Cl. The lowest BCUT2D eigenvalue weighted by Gasteiger charge is -2.04. The van der Waals surface area contributed by atoms with Crippen LogP contribution in [0.4, 0.5) is 0 Å². The predicted molar refractivity (Wildman–Crippen MR) is 48.1 cm³/mol. The standard InChI is InChI=1S/C6H10N4O2.ClH/c1-2-12-6(11)3-9-10-4-7-8-5-10;/h4-5,9H,2-3H2,1H3;1H. The first-order valence-electron chi connectivity index (χ1n) is 3.57. The maximum absolute atomic E-state index is 10.8. The molecule has 0 saturated heterocycles. The third kappa shape index (κ3) is 4.32. The molecule has 1 heterocycles. The number of hydrogen-bond acceptors (Lipinski definition) is 5. The van der Waals surface area contributed by atoms with Crippen molar-refractivity contribution in [3.63, 3.8) is 0 Å². The molecule has 0 bridgehead atoms. The maximum atomic E-state index is 10.8. The van der Waals surface area contributed by atoms with E-state index in [1.54, 1.807) is 6.92 Å². The molecule has 0 aliphatic carbocycles. The quantitative estimate of drug-likeness (QED) is 0.692. The third-order valence-electron chi connectivity index (χ3n) is 1.13. The molecule has 0 aromatic carbocycles. The van der Waals surface area contributed by atoms with Crippen LogP contribution in [0.25, 0.3) is 0 Å². The molecular formula is C6H11ClN4O2. The molecule has 0 amide bonds. The van der Waals surface area contributed by atoms with Crippen molar-refractivity contribution in [3.8, 4) is 0 Å². The van der Waals surface area contributed by atoms with Crippen LogP contribution in [0.15, 0.2) is 12.7 Å². The van der Waals surface area contributed by atoms with E-state index in [0.29, 0.717) is 6.61 Å². The first-order chi connectivity index (χ1) is 5.83. The van der Waals surface area contributed by atoms with Crippen LogP contribution >= 0.6 is 12.4 Å². The zero-order chi connectivity index (χ0) is 8.81. The first-order valence-corrected chi connectivity index (χ1v) is 3.57. The second kappa shape index (κ2) is 6.24. The van der Waals surface area contributed by atoms with Gasteiger partial charge in [-0.1, -0.05) is 0 Å². The summed E-state index contributed by atoms with van der Waals surface area (Å²) in [6, 6.07) is 0. The van der Waals surface area contributed by atoms with Crippen LogP contribution in [-0.4, -0.2) is 34.0 Å². The van der Waals surface area contributed by atoms with Crippen LogP contribution in [0.2, 0.25) is 0 Å². The molecule has 1 N–H and O–H groups in total. The highest BCUT2D eigenvalue weighted by molar-refractivity contribution is 5.85. The van der Waals surface area contributed by atoms with Gasteiger partial charge >= 0.3 is 5.97 Å². The fourth-order valence-corrected chi connectivity index (χ4v) is 0.650. The molecule has 0 unspecified atom stereocenters. The van der Waals surface area contributed by atoms with Gasteiger partial charge in [-0.25, -0.2) is 4.68 Å². The van der Waals surface area contributed by atoms with Crippen molar-refractivity contribution in [1.29, 1.82) is 0 Å². The Bertz CT molecular complexity index is 239. The van der Waals surface area contributed by atoms with E-state index in [-0.39, 0.29) is 24.9 Å². The highest BCUT2D eigenvalue weighted by atomic mass is 35.5. The topological polar surface area (TPSA) is 69.0 Å². The van der Waals surface area contributed by atoms with Gasteiger partial charge < -0.3 is 10.2 Å². The molecule has 0 fully saturated rings. The lowest BCUT2D eigenvalue weighted by atomic mass is 10.7. The summed E-state index contributed by atoms with van der Waals surface area (Å²) in [4.78, 5) is 10.8. The van der Waals surface area contributed by atoms with E-state index >= 15 is 0 Å². The molecule has 0 spiro atoms. The van der Waals surface area contributed by atoms with Crippen LogP contribution in [0.5, 0.6) is 0 Å². The zero-order valence-electron chi connectivity index (χ0n) is 7.14. The summed E-state index contributed by atoms with van der Waals surface area (Å²) in [5.41, 5.74) is 2.73. The van der Waals surface area contributed by atoms with Crippen LogP contribution in [0.1, 0.15) is 6.92 Å². The molecule has 1 aromatic heterocycles. The summed E-state index contributed by atoms with van der Waals surface area (Å²) < 4.78 is 6.17. The summed E-state index contributed by atoms with van der Waals surface area (Å²) >= 11 is 0. The van der Waals surface area contributed by atoms with Crippen molar-refractivity contribution in [3.05, 3.63) is 12.7 Å². The fourth-order valence-electron chi connectivity index (χ4n) is 0.650. The Kier molecular flexibility index (Phi) is 5.62. The Morgan fingerprint density at radius 1 is 1.54 bits per heavy atom. The van der Waals surface area contributed by atoms with Gasteiger partial charge in [0.1, 0.15) is 19.2 Å². The predicted octanol–water partition coefficient (Wildman–Crippen LogP) is -0.194. The van der Waals surface area contributed by atoms with E-state index < -0.39 is 0 Å². The summed E-state index contributed by atoms with van der Waals surface area (Å²) in [6.45, 7) is 2.27. The number of nitrogens with zero attached hydrogens (tertiary/aromatic N) is 3. The highest BCUT2D eigenvalue weighted by Crippen LogP contribution is 1.78. The maximum Gasteiger partial charge on any atom is 0.326 e. The molecule has 7 heteroatoms. The number of esters is 1. The second-order valence-electron chi connectivity index (χ2n) is 2.01. The smallest absolute Gasteiger partial charge is 0.326 e. The normalized spacial score (nSPS) is 8.69. The van der Waals surface area contributed by atoms with Crippen molar-refractivity contribution in [2.24, 2.45) is 0 Å². The van der Waals surface area contributed by atoms with Crippen LogP contribution in [0.3, 0.4) is 0 Å². The van der Waals surface area contributed by atoms with Crippen LogP contribution < -0.4 is 5.43 Å². The molecule has 0 aliphatic heterocycles. The summed E-state index contributed by atoms with van der Waals surface area (Å²) in [6.07, 6.45) is 2.92. The number of carbonyl (C=O) groups is 1. The zero-order valence-corrected chi connectivity index (χ0v) is 7.95. The summed E-state index contributed by atoms with van der Waals surface area (Å²) in [5.74, 6) is -0.300. The van der Waals surface area contributed by atoms with E-state index in [1.807, 2.05) is 0 Å². The molecule has 0 radical (unpaired) electrons. The van der Waals surface area contributed by atoms with E-state index in [9.17, 15) is 4.79 Å². The van der Waals surface area contributed by atoms with Gasteiger partial charge in [0.05, 0.1) is 6.61 Å². The number of carbonyl (C=O) groups excluding carboxylic acids is 1. The Hall–Kier alpha value is -1.30. The number of nitrogens with one attached hydrogen (secondary N) is 1. The third-order valence-corrected chi connectivity index (χ3v) is 1.13. The molecule has 1 rings (SSSR count). The summed E-state index contributed by atoms with van der Waals surface area (Å²) in [7, 11) is 0. The summed E-state index contributed by atoms with van der Waals surface area (Å²) in [5, 5.41) is 7.09. The molecule has 0 saturated carbocycles. The van der Waals surface area contributed by atoms with E-state index in [1.165, 1.54) is 17.3 Å². The van der Waals surface area contributed by atoms with Crippen LogP contribution in [-0.2, 0) is 9.53 Å². The van der Waals surface area contributed by atoms with Gasteiger partial charge in [-0.15, -0.1) is 22.6 Å². The molecule has 13 heavy (non-hydrogen) atoms. The monoisotopic (exact) mass is 206 g/mol. The van der Waals surface area contributed by atoms with E-state index in [0.717, 1.165) is 0 Å².